The molecule has 5 aromatic rings. The molecule has 4 aromatic carbocycles. The molecule has 5 rings (SSSR count). The summed E-state index contributed by atoms with van der Waals surface area (Å²) in [5.74, 6) is -2.16. The number of alkyl halides is 3. The van der Waals surface area contributed by atoms with Crippen LogP contribution in [0.5, 0.6) is 0 Å². The van der Waals surface area contributed by atoms with Gasteiger partial charge in [-0.05, 0) is 78.1 Å². The van der Waals surface area contributed by atoms with Gasteiger partial charge in [0.25, 0.3) is 0 Å². The van der Waals surface area contributed by atoms with Crippen LogP contribution in [-0.2, 0) is 40.5 Å². The minimum Gasteiger partial charge on any atom is -0.481 e. The van der Waals surface area contributed by atoms with Gasteiger partial charge >= 0.3 is 12.1 Å². The number of benzene rings is 4. The number of fused-ring (bicyclic) bond motifs is 1. The van der Waals surface area contributed by atoms with Gasteiger partial charge in [-0.2, -0.15) is 13.2 Å². The fourth-order valence-electron chi connectivity index (χ4n) is 4.98. The van der Waals surface area contributed by atoms with Crippen molar-refractivity contribution >= 4 is 50.9 Å². The predicted octanol–water partition coefficient (Wildman–Crippen LogP) is 9.82. The Hall–Kier alpha value is -3.63. The zero-order valence-electron chi connectivity index (χ0n) is 24.4. The number of hydrogen-bond donors (Lipinski definition) is 1. The molecule has 0 radical (unpaired) electrons. The van der Waals surface area contributed by atoms with Crippen LogP contribution in [0.25, 0.3) is 21.9 Å². The van der Waals surface area contributed by atoms with E-state index in [9.17, 15) is 27.3 Å². The molecule has 0 spiro atoms. The maximum Gasteiger partial charge on any atom is 0.449 e. The van der Waals surface area contributed by atoms with Crippen LogP contribution in [0.4, 0.5) is 13.2 Å². The van der Waals surface area contributed by atoms with Gasteiger partial charge in [0.1, 0.15) is 16.7 Å². The summed E-state index contributed by atoms with van der Waals surface area (Å²) in [7, 11) is -1.88. The molecule has 0 bridgehead atoms. The van der Waals surface area contributed by atoms with Gasteiger partial charge in [-0.25, -0.2) is 8.51 Å². The van der Waals surface area contributed by atoms with Crippen molar-refractivity contribution in [3.8, 4) is 11.1 Å². The standard InChI is InChI=1S/C34H28Cl2F3NO4S/c1-20-11-12-21-7-4-5-10-26(21)31(20)45(43)40(18-25-13-14-30(44-25)34(37,38)39)19-27-28(35)16-23(17-29(27)36)22-8-6-9-24(15-22)33(2,3)32(41)42/h4-17H,18-19H2,1-3H3,(H,41,42). The first-order valence-corrected chi connectivity index (χ1v) is 15.7. The summed E-state index contributed by atoms with van der Waals surface area (Å²) in [5, 5.41) is 11.8. The maximum atomic E-state index is 14.3. The van der Waals surface area contributed by atoms with Gasteiger partial charge in [-0.15, -0.1) is 0 Å². The highest BCUT2D eigenvalue weighted by atomic mass is 35.5. The van der Waals surface area contributed by atoms with E-state index in [1.165, 1.54) is 10.4 Å². The first-order chi connectivity index (χ1) is 21.2. The van der Waals surface area contributed by atoms with Crippen LogP contribution in [0.3, 0.4) is 0 Å². The van der Waals surface area contributed by atoms with E-state index in [1.807, 2.05) is 49.4 Å². The summed E-state index contributed by atoms with van der Waals surface area (Å²) >= 11 is 13.6. The first-order valence-electron chi connectivity index (χ1n) is 13.8. The Bertz CT molecular complexity index is 1910. The van der Waals surface area contributed by atoms with Crippen LogP contribution in [0.2, 0.25) is 10.0 Å². The van der Waals surface area contributed by atoms with Crippen LogP contribution < -0.4 is 0 Å². The van der Waals surface area contributed by atoms with Crippen molar-refractivity contribution in [2.45, 2.75) is 50.3 Å². The molecule has 45 heavy (non-hydrogen) atoms. The highest BCUT2D eigenvalue weighted by Gasteiger charge is 2.35. The average Bonchev–Trinajstić information content (AvgIpc) is 3.47. The number of nitrogens with zero attached hydrogens (tertiary/aromatic N) is 1. The quantitative estimate of drug-likeness (QED) is 0.169. The van der Waals surface area contributed by atoms with Gasteiger partial charge in [-0.3, -0.25) is 4.79 Å². The Morgan fingerprint density at radius 1 is 0.889 bits per heavy atom. The van der Waals surface area contributed by atoms with Crippen LogP contribution in [0, 0.1) is 6.92 Å². The number of carboxylic acids is 1. The number of aryl methyl sites for hydroxylation is 1. The van der Waals surface area contributed by atoms with E-state index in [-0.39, 0.29) is 28.9 Å². The molecule has 0 saturated carbocycles. The normalized spacial score (nSPS) is 13.0. The van der Waals surface area contributed by atoms with Crippen molar-refractivity contribution < 1.29 is 31.7 Å². The molecule has 1 atom stereocenters. The molecule has 0 fully saturated rings. The Morgan fingerprint density at radius 3 is 2.22 bits per heavy atom. The van der Waals surface area contributed by atoms with E-state index < -0.39 is 34.3 Å². The Morgan fingerprint density at radius 2 is 1.58 bits per heavy atom. The Balaban J connectivity index is 1.55. The van der Waals surface area contributed by atoms with E-state index in [0.29, 0.717) is 27.1 Å². The molecule has 0 amide bonds. The molecule has 1 heterocycles. The number of carboxylic acid groups (broad SMARTS) is 1. The highest BCUT2D eigenvalue weighted by molar-refractivity contribution is 7.83. The van der Waals surface area contributed by atoms with Crippen molar-refractivity contribution in [1.29, 1.82) is 0 Å². The average molecular weight is 675 g/mol. The van der Waals surface area contributed by atoms with Crippen LogP contribution in [0.15, 0.2) is 94.2 Å². The second kappa shape index (κ2) is 12.6. The molecular formula is C34H28Cl2F3NO4S. The number of halogens is 5. The van der Waals surface area contributed by atoms with Crippen LogP contribution in [-0.4, -0.2) is 19.6 Å². The molecule has 11 heteroatoms. The van der Waals surface area contributed by atoms with Crippen LogP contribution in [0.1, 0.15) is 42.1 Å². The van der Waals surface area contributed by atoms with Gasteiger partial charge in [0.05, 0.1) is 16.9 Å². The summed E-state index contributed by atoms with van der Waals surface area (Å²) in [5.41, 5.74) is 1.94. The smallest absolute Gasteiger partial charge is 0.449 e. The van der Waals surface area contributed by atoms with E-state index in [1.54, 1.807) is 44.2 Å². The minimum atomic E-state index is -4.67. The minimum absolute atomic E-state index is 0.0321. The lowest BCUT2D eigenvalue weighted by molar-refractivity contribution is -0.153. The molecular weight excluding hydrogens is 646 g/mol. The zero-order chi connectivity index (χ0) is 32.7. The topological polar surface area (TPSA) is 70.8 Å². The summed E-state index contributed by atoms with van der Waals surface area (Å²) in [6.07, 6.45) is -4.67. The van der Waals surface area contributed by atoms with Gasteiger partial charge < -0.3 is 9.52 Å². The molecule has 0 aliphatic heterocycles. The lowest BCUT2D eigenvalue weighted by Gasteiger charge is -2.24. The summed E-state index contributed by atoms with van der Waals surface area (Å²) in [6, 6.07) is 23.6. The number of aliphatic carboxylic acids is 1. The molecule has 1 N–H and O–H groups in total. The first kappa shape index (κ1) is 32.8. The van der Waals surface area contributed by atoms with Gasteiger partial charge in [0.15, 0.2) is 0 Å². The third kappa shape index (κ3) is 6.82. The number of rotatable bonds is 9. The van der Waals surface area contributed by atoms with Crippen molar-refractivity contribution in [1.82, 2.24) is 4.31 Å². The van der Waals surface area contributed by atoms with E-state index in [0.717, 1.165) is 22.4 Å². The molecule has 0 aliphatic carbocycles. The predicted molar refractivity (Wildman–Crippen MR) is 171 cm³/mol. The molecule has 1 unspecified atom stereocenters. The Kier molecular flexibility index (Phi) is 9.20. The third-order valence-corrected chi connectivity index (χ3v) is 9.98. The van der Waals surface area contributed by atoms with Crippen molar-refractivity contribution in [2.24, 2.45) is 0 Å². The van der Waals surface area contributed by atoms with E-state index in [2.05, 4.69) is 0 Å². The van der Waals surface area contributed by atoms with E-state index in [4.69, 9.17) is 27.6 Å². The number of hydrogen-bond acceptors (Lipinski definition) is 3. The fourth-order valence-corrected chi connectivity index (χ4v) is 7.06. The van der Waals surface area contributed by atoms with Crippen LogP contribution >= 0.6 is 23.2 Å². The molecule has 234 valence electrons. The summed E-state index contributed by atoms with van der Waals surface area (Å²) in [6.45, 7) is 4.73. The molecule has 0 aliphatic rings. The second-order valence-electron chi connectivity index (χ2n) is 11.2. The van der Waals surface area contributed by atoms with E-state index >= 15 is 0 Å². The van der Waals surface area contributed by atoms with Gasteiger partial charge in [-0.1, -0.05) is 83.9 Å². The van der Waals surface area contributed by atoms with Gasteiger partial charge in [0.2, 0.25) is 5.76 Å². The number of carbonyl (C=O) groups is 1. The lowest BCUT2D eigenvalue weighted by Crippen LogP contribution is -2.28. The highest BCUT2D eigenvalue weighted by Crippen LogP contribution is 2.37. The van der Waals surface area contributed by atoms with Gasteiger partial charge in [0, 0.05) is 22.2 Å². The van der Waals surface area contributed by atoms with Crippen molar-refractivity contribution in [3.63, 3.8) is 0 Å². The molecule has 0 saturated heterocycles. The Labute approximate surface area is 270 Å². The maximum absolute atomic E-state index is 14.3. The second-order valence-corrected chi connectivity index (χ2v) is 13.4. The molecule has 1 aromatic heterocycles. The lowest BCUT2D eigenvalue weighted by atomic mass is 9.83. The SMILES string of the molecule is Cc1ccc2ccccc2c1S(=O)N(Cc1ccc(C(F)(F)F)o1)Cc1c(Cl)cc(-c2cccc(C(C)(C)C(=O)O)c2)cc1Cl. The van der Waals surface area contributed by atoms with Crippen molar-refractivity contribution in [3.05, 3.63) is 123 Å². The number of furan rings is 1. The fraction of sp³-hybridized carbons (Fsp3) is 0.206. The third-order valence-electron chi connectivity index (χ3n) is 7.69. The summed E-state index contributed by atoms with van der Waals surface area (Å²) < 4.78 is 60.9. The monoisotopic (exact) mass is 673 g/mol. The van der Waals surface area contributed by atoms with Crippen molar-refractivity contribution in [2.75, 3.05) is 0 Å². The summed E-state index contributed by atoms with van der Waals surface area (Å²) in [4.78, 5) is 12.3. The largest absolute Gasteiger partial charge is 0.481 e. The zero-order valence-corrected chi connectivity index (χ0v) is 26.7. The molecule has 5 nitrogen and oxygen atoms in total.